The average molecular weight is 586 g/mol. The summed E-state index contributed by atoms with van der Waals surface area (Å²) in [4.78, 5) is 0. The lowest BCUT2D eigenvalue weighted by Crippen LogP contribution is -2.57. The Kier molecular flexibility index (Phi) is 5.33. The molecule has 10 rings (SSSR count). The topological polar surface area (TPSA) is 18.5 Å². The predicted molar refractivity (Wildman–Crippen MR) is 187 cm³/mol. The predicted octanol–water partition coefficient (Wildman–Crippen LogP) is 8.44. The summed E-state index contributed by atoms with van der Waals surface area (Å²) in [6, 6.07) is 59.0. The minimum absolute atomic E-state index is 0.0623. The highest BCUT2D eigenvalue weighted by Crippen LogP contribution is 2.56. The monoisotopic (exact) mass is 586 g/mol. The van der Waals surface area contributed by atoms with E-state index in [9.17, 15) is 0 Å². The Morgan fingerprint density at radius 2 is 0.957 bits per heavy atom. The second-order valence-electron chi connectivity index (χ2n) is 12.4. The standard InChI is InChI=1S/C43H27BO2/c1-3-12-30(13-4-1)43(31-14-5-2-6-15-31)34-17-8-7-16-32(34)33-24-22-28(26-35(33)43)29-23-25-37-41(27-29)46-40-21-11-20-39-42(40)44(37)36-18-9-10-19-38(36)45-39/h1-27H. The molecule has 0 amide bonds. The lowest BCUT2D eigenvalue weighted by molar-refractivity contribution is 0.464. The molecule has 0 bridgehead atoms. The van der Waals surface area contributed by atoms with Gasteiger partial charge >= 0.3 is 0 Å². The molecule has 0 N–H and O–H groups in total. The molecule has 2 aliphatic heterocycles. The molecule has 0 saturated carbocycles. The van der Waals surface area contributed by atoms with Gasteiger partial charge in [-0.15, -0.1) is 0 Å². The van der Waals surface area contributed by atoms with Crippen molar-refractivity contribution < 1.29 is 9.47 Å². The summed E-state index contributed by atoms with van der Waals surface area (Å²) < 4.78 is 13.0. The molecule has 2 heterocycles. The highest BCUT2D eigenvalue weighted by molar-refractivity contribution is 6.98. The van der Waals surface area contributed by atoms with Crippen LogP contribution in [0.5, 0.6) is 23.0 Å². The maximum atomic E-state index is 6.64. The number of fused-ring (bicyclic) bond motifs is 7. The summed E-state index contributed by atoms with van der Waals surface area (Å²) in [7, 11) is 0. The van der Waals surface area contributed by atoms with Crippen molar-refractivity contribution >= 4 is 23.1 Å². The molecule has 0 radical (unpaired) electrons. The Morgan fingerprint density at radius 3 is 1.74 bits per heavy atom. The molecule has 3 heteroatoms. The van der Waals surface area contributed by atoms with Gasteiger partial charge in [0.05, 0.1) is 5.41 Å². The Bertz CT molecular complexity index is 2290. The van der Waals surface area contributed by atoms with Crippen molar-refractivity contribution in [2.24, 2.45) is 0 Å². The van der Waals surface area contributed by atoms with Gasteiger partial charge in [0.15, 0.2) is 0 Å². The van der Waals surface area contributed by atoms with E-state index in [2.05, 4.69) is 146 Å². The van der Waals surface area contributed by atoms with Crippen LogP contribution in [0.3, 0.4) is 0 Å². The molecule has 46 heavy (non-hydrogen) atoms. The summed E-state index contributed by atoms with van der Waals surface area (Å²) in [5.41, 5.74) is 13.0. The number of hydrogen-bond donors (Lipinski definition) is 0. The summed E-state index contributed by atoms with van der Waals surface area (Å²) >= 11 is 0. The SMILES string of the molecule is c1ccc(C2(c3ccccc3)c3ccccc3-c3ccc(-c4ccc5c(c4)Oc4cccc6c4B5c4ccccc4O6)cc32)cc1. The number of benzene rings is 7. The van der Waals surface area contributed by atoms with Gasteiger partial charge in [-0.25, -0.2) is 0 Å². The highest BCUT2D eigenvalue weighted by Gasteiger charge is 2.46. The van der Waals surface area contributed by atoms with Crippen molar-refractivity contribution in [3.8, 4) is 45.3 Å². The van der Waals surface area contributed by atoms with Gasteiger partial charge in [0, 0.05) is 5.46 Å². The molecule has 0 saturated heterocycles. The number of ether oxygens (including phenoxy) is 2. The van der Waals surface area contributed by atoms with Crippen LogP contribution in [0.4, 0.5) is 0 Å². The minimum Gasteiger partial charge on any atom is -0.458 e. The molecule has 7 aromatic carbocycles. The van der Waals surface area contributed by atoms with E-state index in [0.29, 0.717) is 0 Å². The van der Waals surface area contributed by atoms with Gasteiger partial charge in [-0.3, -0.25) is 0 Å². The largest absolute Gasteiger partial charge is 0.458 e. The molecule has 3 aliphatic rings. The van der Waals surface area contributed by atoms with Crippen molar-refractivity contribution in [2.75, 3.05) is 0 Å². The smallest absolute Gasteiger partial charge is 0.260 e. The lowest BCUT2D eigenvalue weighted by atomic mass is 9.35. The van der Waals surface area contributed by atoms with Crippen molar-refractivity contribution in [1.29, 1.82) is 0 Å². The molecule has 2 nitrogen and oxygen atoms in total. The molecule has 7 aromatic rings. The third-order valence-corrected chi connectivity index (χ3v) is 10.1. The molecule has 0 spiro atoms. The molecule has 0 aromatic heterocycles. The summed E-state index contributed by atoms with van der Waals surface area (Å²) in [5, 5.41) is 0. The number of para-hydroxylation sites is 1. The molecule has 1 aliphatic carbocycles. The first-order chi connectivity index (χ1) is 22.8. The minimum atomic E-state index is -0.434. The molecular formula is C43H27BO2. The Morgan fingerprint density at radius 1 is 0.391 bits per heavy atom. The van der Waals surface area contributed by atoms with Crippen LogP contribution in [0.25, 0.3) is 22.3 Å². The summed E-state index contributed by atoms with van der Waals surface area (Å²) in [6.07, 6.45) is 0. The molecule has 0 atom stereocenters. The molecule has 214 valence electrons. The van der Waals surface area contributed by atoms with Gasteiger partial charge < -0.3 is 9.47 Å². The van der Waals surface area contributed by atoms with Gasteiger partial charge in [0.1, 0.15) is 23.0 Å². The third-order valence-electron chi connectivity index (χ3n) is 10.1. The fourth-order valence-corrected chi connectivity index (χ4v) is 8.18. The second kappa shape index (κ2) is 9.60. The summed E-state index contributed by atoms with van der Waals surface area (Å²) in [6.45, 7) is 0.0623. The van der Waals surface area contributed by atoms with Crippen molar-refractivity contribution in [1.82, 2.24) is 0 Å². The Labute approximate surface area is 268 Å². The second-order valence-corrected chi connectivity index (χ2v) is 12.4. The summed E-state index contributed by atoms with van der Waals surface area (Å²) in [5.74, 6) is 3.53. The molecular weight excluding hydrogens is 559 g/mol. The van der Waals surface area contributed by atoms with Crippen LogP contribution in [0, 0.1) is 0 Å². The van der Waals surface area contributed by atoms with Gasteiger partial charge in [-0.2, -0.15) is 0 Å². The maximum absolute atomic E-state index is 6.64. The van der Waals surface area contributed by atoms with Gasteiger partial charge in [0.2, 0.25) is 0 Å². The molecule has 0 unspecified atom stereocenters. The van der Waals surface area contributed by atoms with Crippen molar-refractivity contribution in [3.05, 3.63) is 186 Å². The van der Waals surface area contributed by atoms with E-state index in [-0.39, 0.29) is 6.71 Å². The van der Waals surface area contributed by atoms with Gasteiger partial charge in [0.25, 0.3) is 6.71 Å². The highest BCUT2D eigenvalue weighted by atomic mass is 16.5. The maximum Gasteiger partial charge on any atom is 0.260 e. The van der Waals surface area contributed by atoms with Crippen LogP contribution < -0.4 is 25.9 Å². The van der Waals surface area contributed by atoms with Crippen LogP contribution >= 0.6 is 0 Å². The first kappa shape index (κ1) is 25.5. The van der Waals surface area contributed by atoms with Crippen LogP contribution in [0.15, 0.2) is 164 Å². The van der Waals surface area contributed by atoms with Crippen molar-refractivity contribution in [2.45, 2.75) is 5.41 Å². The van der Waals surface area contributed by atoms with Gasteiger partial charge in [-0.05, 0) is 85.8 Å². The van der Waals surface area contributed by atoms with Crippen LogP contribution in [0.1, 0.15) is 22.3 Å². The quantitative estimate of drug-likeness (QED) is 0.194. The average Bonchev–Trinajstić information content (AvgIpc) is 3.42. The van der Waals surface area contributed by atoms with Crippen LogP contribution in [-0.2, 0) is 5.41 Å². The van der Waals surface area contributed by atoms with E-state index >= 15 is 0 Å². The number of rotatable bonds is 3. The van der Waals surface area contributed by atoms with E-state index in [1.807, 2.05) is 18.2 Å². The number of hydrogen-bond acceptors (Lipinski definition) is 2. The van der Waals surface area contributed by atoms with E-state index in [1.54, 1.807) is 0 Å². The van der Waals surface area contributed by atoms with E-state index in [0.717, 1.165) is 39.5 Å². The molecule has 0 fully saturated rings. The first-order valence-electron chi connectivity index (χ1n) is 15.9. The fraction of sp³-hybridized carbons (Fsp3) is 0.0233. The van der Waals surface area contributed by atoms with E-state index in [4.69, 9.17) is 9.47 Å². The van der Waals surface area contributed by atoms with E-state index < -0.39 is 5.41 Å². The first-order valence-corrected chi connectivity index (χ1v) is 15.9. The fourth-order valence-electron chi connectivity index (χ4n) is 8.18. The zero-order valence-electron chi connectivity index (χ0n) is 25.0. The van der Waals surface area contributed by atoms with Crippen molar-refractivity contribution in [3.63, 3.8) is 0 Å². The third kappa shape index (κ3) is 3.43. The lowest BCUT2D eigenvalue weighted by Gasteiger charge is -2.34. The van der Waals surface area contributed by atoms with E-state index in [1.165, 1.54) is 44.4 Å². The normalized spacial score (nSPS) is 14.1. The van der Waals surface area contributed by atoms with Crippen LogP contribution in [0.2, 0.25) is 0 Å². The Hall–Kier alpha value is -5.80. The van der Waals surface area contributed by atoms with Gasteiger partial charge in [-0.1, -0.05) is 133 Å². The zero-order valence-corrected chi connectivity index (χ0v) is 25.0. The zero-order chi connectivity index (χ0) is 30.2. The Balaban J connectivity index is 1.17. The van der Waals surface area contributed by atoms with Crippen LogP contribution in [-0.4, -0.2) is 6.71 Å².